The minimum absolute atomic E-state index is 0. The Hall–Kier alpha value is -0.780. The lowest BCUT2D eigenvalue weighted by Crippen LogP contribution is -2.42. The van der Waals surface area contributed by atoms with Crippen molar-refractivity contribution in [3.63, 3.8) is 0 Å². The average Bonchev–Trinajstić information content (AvgIpc) is 2.72. The van der Waals surface area contributed by atoms with Crippen LogP contribution in [-0.2, 0) is 5.41 Å². The molecule has 0 aliphatic carbocycles. The molecule has 0 amide bonds. The molecular weight excluding hydrogens is 361 g/mol. The van der Waals surface area contributed by atoms with E-state index in [1.807, 2.05) is 0 Å². The molecule has 0 saturated heterocycles. The standard InChI is InChI=1S/C16H25N3.HI/c1-12-6-7-14(13(2)10-12)16(3,4)11-18-15-17-8-9-19(15)5;/h6-7,10H,8-9,11H2,1-5H3,(H,17,18);1H. The summed E-state index contributed by atoms with van der Waals surface area (Å²) in [4.78, 5) is 6.66. The summed E-state index contributed by atoms with van der Waals surface area (Å²) < 4.78 is 0. The first-order valence-corrected chi connectivity index (χ1v) is 6.97. The summed E-state index contributed by atoms with van der Waals surface area (Å²) in [6, 6.07) is 6.71. The van der Waals surface area contributed by atoms with Crippen molar-refractivity contribution in [2.24, 2.45) is 4.99 Å². The average molecular weight is 387 g/mol. The largest absolute Gasteiger partial charge is 0.355 e. The second-order valence-corrected chi connectivity index (χ2v) is 6.18. The number of likely N-dealkylation sites (N-methyl/N-ethyl adjacent to an activating group) is 1. The Morgan fingerprint density at radius 2 is 2.00 bits per heavy atom. The second kappa shape index (κ2) is 6.78. The Morgan fingerprint density at radius 1 is 1.30 bits per heavy atom. The monoisotopic (exact) mass is 387 g/mol. The Labute approximate surface area is 139 Å². The highest BCUT2D eigenvalue weighted by molar-refractivity contribution is 14.0. The highest BCUT2D eigenvalue weighted by Crippen LogP contribution is 2.26. The van der Waals surface area contributed by atoms with E-state index in [9.17, 15) is 0 Å². The number of benzene rings is 1. The van der Waals surface area contributed by atoms with Crippen molar-refractivity contribution < 1.29 is 0 Å². The Kier molecular flexibility index (Phi) is 5.86. The first-order chi connectivity index (χ1) is 8.90. The smallest absolute Gasteiger partial charge is 0.193 e. The zero-order chi connectivity index (χ0) is 14.0. The molecular formula is C16H26IN3. The van der Waals surface area contributed by atoms with Crippen LogP contribution in [0.4, 0.5) is 0 Å². The van der Waals surface area contributed by atoms with E-state index in [1.165, 1.54) is 16.7 Å². The Balaban J connectivity index is 0.00000200. The van der Waals surface area contributed by atoms with Crippen LogP contribution < -0.4 is 5.32 Å². The van der Waals surface area contributed by atoms with Crippen LogP contribution in [0, 0.1) is 13.8 Å². The maximum absolute atomic E-state index is 4.48. The molecule has 1 aliphatic rings. The first-order valence-electron chi connectivity index (χ1n) is 6.97. The van der Waals surface area contributed by atoms with Gasteiger partial charge >= 0.3 is 0 Å². The van der Waals surface area contributed by atoms with Gasteiger partial charge in [-0.15, -0.1) is 24.0 Å². The number of aryl methyl sites for hydroxylation is 2. The van der Waals surface area contributed by atoms with Crippen molar-refractivity contribution >= 4 is 29.9 Å². The van der Waals surface area contributed by atoms with E-state index in [4.69, 9.17) is 0 Å². The van der Waals surface area contributed by atoms with Gasteiger partial charge in [0.25, 0.3) is 0 Å². The zero-order valence-electron chi connectivity index (χ0n) is 13.2. The zero-order valence-corrected chi connectivity index (χ0v) is 15.5. The lowest BCUT2D eigenvalue weighted by molar-refractivity contribution is 0.479. The van der Waals surface area contributed by atoms with Crippen molar-refractivity contribution in [1.82, 2.24) is 10.2 Å². The first kappa shape index (κ1) is 17.3. The summed E-state index contributed by atoms with van der Waals surface area (Å²) in [5.74, 6) is 1.03. The minimum atomic E-state index is 0. The van der Waals surface area contributed by atoms with Gasteiger partial charge in [-0.1, -0.05) is 37.6 Å². The van der Waals surface area contributed by atoms with Crippen LogP contribution in [0.3, 0.4) is 0 Å². The van der Waals surface area contributed by atoms with Crippen molar-refractivity contribution in [1.29, 1.82) is 0 Å². The molecule has 0 radical (unpaired) electrons. The summed E-state index contributed by atoms with van der Waals surface area (Å²) in [5, 5.41) is 3.49. The van der Waals surface area contributed by atoms with E-state index >= 15 is 0 Å². The van der Waals surface area contributed by atoms with Crippen molar-refractivity contribution in [2.45, 2.75) is 33.1 Å². The van der Waals surface area contributed by atoms with E-state index in [2.05, 4.69) is 68.2 Å². The number of guanidine groups is 1. The van der Waals surface area contributed by atoms with Crippen molar-refractivity contribution in [3.05, 3.63) is 34.9 Å². The predicted molar refractivity (Wildman–Crippen MR) is 97.3 cm³/mol. The van der Waals surface area contributed by atoms with E-state index in [0.717, 1.165) is 25.6 Å². The molecule has 1 aromatic rings. The van der Waals surface area contributed by atoms with Crippen molar-refractivity contribution in [3.8, 4) is 0 Å². The van der Waals surface area contributed by atoms with Gasteiger partial charge in [0.2, 0.25) is 0 Å². The van der Waals surface area contributed by atoms with E-state index in [-0.39, 0.29) is 29.4 Å². The third-order valence-electron chi connectivity index (χ3n) is 3.86. The molecule has 0 atom stereocenters. The fraction of sp³-hybridized carbons (Fsp3) is 0.562. The predicted octanol–water partition coefficient (Wildman–Crippen LogP) is 3.09. The molecule has 1 aromatic carbocycles. The van der Waals surface area contributed by atoms with Gasteiger partial charge in [0, 0.05) is 25.6 Å². The summed E-state index contributed by atoms with van der Waals surface area (Å²) >= 11 is 0. The normalized spacial score (nSPS) is 14.8. The van der Waals surface area contributed by atoms with E-state index in [1.54, 1.807) is 0 Å². The third-order valence-corrected chi connectivity index (χ3v) is 3.86. The lowest BCUT2D eigenvalue weighted by Gasteiger charge is -2.29. The molecule has 1 N–H and O–H groups in total. The Bertz CT molecular complexity index is 494. The van der Waals surface area contributed by atoms with E-state index in [0.29, 0.717) is 0 Å². The molecule has 2 rings (SSSR count). The molecule has 3 nitrogen and oxygen atoms in total. The minimum Gasteiger partial charge on any atom is -0.355 e. The summed E-state index contributed by atoms with van der Waals surface area (Å²) in [7, 11) is 2.09. The van der Waals surface area contributed by atoms with E-state index < -0.39 is 0 Å². The van der Waals surface area contributed by atoms with Gasteiger partial charge in [0.15, 0.2) is 5.96 Å². The molecule has 0 spiro atoms. The molecule has 0 fully saturated rings. The number of hydrogen-bond acceptors (Lipinski definition) is 3. The highest BCUT2D eigenvalue weighted by atomic mass is 127. The Morgan fingerprint density at radius 3 is 2.55 bits per heavy atom. The summed E-state index contributed by atoms with van der Waals surface area (Å²) in [6.07, 6.45) is 0. The van der Waals surface area contributed by atoms with Crippen LogP contribution in [0.15, 0.2) is 23.2 Å². The van der Waals surface area contributed by atoms with Crippen LogP contribution in [0.25, 0.3) is 0 Å². The van der Waals surface area contributed by atoms with Crippen LogP contribution in [0.5, 0.6) is 0 Å². The van der Waals surface area contributed by atoms with Gasteiger partial charge in [0.05, 0.1) is 6.54 Å². The molecule has 0 unspecified atom stereocenters. The van der Waals surface area contributed by atoms with Crippen LogP contribution in [0.1, 0.15) is 30.5 Å². The topological polar surface area (TPSA) is 27.6 Å². The fourth-order valence-corrected chi connectivity index (χ4v) is 2.69. The lowest BCUT2D eigenvalue weighted by atomic mass is 9.81. The number of halogens is 1. The van der Waals surface area contributed by atoms with Gasteiger partial charge in [0.1, 0.15) is 0 Å². The molecule has 0 aromatic heterocycles. The highest BCUT2D eigenvalue weighted by Gasteiger charge is 2.24. The molecule has 0 saturated carbocycles. The van der Waals surface area contributed by atoms with Gasteiger partial charge in [-0.25, -0.2) is 0 Å². The number of aliphatic imine (C=N–C) groups is 1. The molecule has 20 heavy (non-hydrogen) atoms. The molecule has 1 heterocycles. The number of nitrogens with zero attached hydrogens (tertiary/aromatic N) is 2. The van der Waals surface area contributed by atoms with Crippen LogP contribution in [-0.4, -0.2) is 37.5 Å². The van der Waals surface area contributed by atoms with Gasteiger partial charge < -0.3 is 10.2 Å². The van der Waals surface area contributed by atoms with Gasteiger partial charge in [-0.2, -0.15) is 0 Å². The third kappa shape index (κ3) is 3.87. The quantitative estimate of drug-likeness (QED) is 0.808. The number of nitrogens with one attached hydrogen (secondary N) is 1. The molecule has 112 valence electrons. The summed E-state index contributed by atoms with van der Waals surface area (Å²) in [6.45, 7) is 11.7. The fourth-order valence-electron chi connectivity index (χ4n) is 2.69. The van der Waals surface area contributed by atoms with Crippen LogP contribution >= 0.6 is 24.0 Å². The van der Waals surface area contributed by atoms with Crippen LogP contribution in [0.2, 0.25) is 0 Å². The number of rotatable bonds is 3. The second-order valence-electron chi connectivity index (χ2n) is 6.18. The number of hydrogen-bond donors (Lipinski definition) is 1. The molecule has 1 aliphatic heterocycles. The van der Waals surface area contributed by atoms with Crippen molar-refractivity contribution in [2.75, 3.05) is 26.7 Å². The SMILES string of the molecule is Cc1ccc(C(C)(C)CNC2=NCCN2C)c(C)c1.I. The van der Waals surface area contributed by atoms with Gasteiger partial charge in [-0.3, -0.25) is 4.99 Å². The molecule has 0 bridgehead atoms. The summed E-state index contributed by atoms with van der Waals surface area (Å²) in [5.41, 5.74) is 4.20. The maximum Gasteiger partial charge on any atom is 0.193 e. The molecule has 4 heteroatoms. The van der Waals surface area contributed by atoms with Gasteiger partial charge in [-0.05, 0) is 25.0 Å². The maximum atomic E-state index is 4.48.